The van der Waals surface area contributed by atoms with E-state index in [2.05, 4.69) is 0 Å². The van der Waals surface area contributed by atoms with Gasteiger partial charge in [-0.25, -0.2) is 47.0 Å². The van der Waals surface area contributed by atoms with E-state index in [0.29, 0.717) is 16.7 Å². The molecule has 2 atom stereocenters. The van der Waals surface area contributed by atoms with Crippen molar-refractivity contribution in [3.05, 3.63) is 82.9 Å². The first kappa shape index (κ1) is 18.3. The quantitative estimate of drug-likeness (QED) is 0.504. The molecule has 3 aromatic rings. The van der Waals surface area contributed by atoms with Gasteiger partial charge in [0, 0.05) is 19.7 Å². The van der Waals surface area contributed by atoms with Gasteiger partial charge in [-0.3, -0.25) is 0 Å². The van der Waals surface area contributed by atoms with Crippen LogP contribution in [0.2, 0.25) is 0 Å². The standard InChI is InChI=1S/C19H20N6O5/c1-10-5-4-6-12(15(10)26)14-11-7-8-22-16(27)20(2)18(29)24(22)13(11)9-23-17(28)21(3)19(30)25(14)23/h4-7,13-14,26H,8-9H2,1-3H3/t13-,14-/m1/s1. The lowest BCUT2D eigenvalue weighted by atomic mass is 9.89. The molecular weight excluding hydrogens is 392 g/mol. The first-order valence-electron chi connectivity index (χ1n) is 9.49. The van der Waals surface area contributed by atoms with Crippen LogP contribution in [-0.4, -0.2) is 33.0 Å². The molecule has 0 unspecified atom stereocenters. The van der Waals surface area contributed by atoms with Crippen molar-refractivity contribution in [3.8, 4) is 5.75 Å². The number of allylic oxidation sites excluding steroid dienone is 2. The summed E-state index contributed by atoms with van der Waals surface area (Å²) in [6.07, 6.45) is 1.80. The Hall–Kier alpha value is -3.76. The Kier molecular flexibility index (Phi) is 3.58. The van der Waals surface area contributed by atoms with Crippen LogP contribution in [0, 0.1) is 6.92 Å². The number of phenolic OH excluding ortho intramolecular Hbond substituents is 1. The number of rotatable bonds is 1. The summed E-state index contributed by atoms with van der Waals surface area (Å²) in [6, 6.07) is 3.76. The number of aromatic nitrogens is 6. The van der Waals surface area contributed by atoms with Crippen molar-refractivity contribution in [1.29, 1.82) is 0 Å². The lowest BCUT2D eigenvalue weighted by Crippen LogP contribution is -2.47. The molecule has 0 aliphatic carbocycles. The molecule has 2 aliphatic heterocycles. The van der Waals surface area contributed by atoms with Crippen molar-refractivity contribution in [2.45, 2.75) is 32.1 Å². The van der Waals surface area contributed by atoms with E-state index in [1.807, 2.05) is 0 Å². The van der Waals surface area contributed by atoms with Crippen molar-refractivity contribution in [2.24, 2.45) is 14.1 Å². The molecule has 30 heavy (non-hydrogen) atoms. The average molecular weight is 412 g/mol. The van der Waals surface area contributed by atoms with Crippen LogP contribution in [-0.2, 0) is 27.2 Å². The average Bonchev–Trinajstić information content (AvgIpc) is 3.09. The second kappa shape index (κ2) is 5.88. The Morgan fingerprint density at radius 3 is 2.23 bits per heavy atom. The Morgan fingerprint density at radius 2 is 1.53 bits per heavy atom. The molecule has 11 heteroatoms. The number of hydrogen-bond acceptors (Lipinski definition) is 5. The summed E-state index contributed by atoms with van der Waals surface area (Å²) < 4.78 is 7.28. The maximum absolute atomic E-state index is 12.9. The van der Waals surface area contributed by atoms with Gasteiger partial charge in [0.2, 0.25) is 0 Å². The Bertz CT molecular complexity index is 1490. The number of aromatic hydroxyl groups is 1. The van der Waals surface area contributed by atoms with E-state index < -0.39 is 34.8 Å². The molecule has 5 rings (SSSR count). The molecule has 2 aliphatic rings. The van der Waals surface area contributed by atoms with Crippen LogP contribution in [0.25, 0.3) is 0 Å². The molecular formula is C19H20N6O5. The minimum Gasteiger partial charge on any atom is -0.507 e. The number of benzene rings is 1. The highest BCUT2D eigenvalue weighted by Crippen LogP contribution is 2.41. The van der Waals surface area contributed by atoms with E-state index >= 15 is 0 Å². The summed E-state index contributed by atoms with van der Waals surface area (Å²) in [6.45, 7) is 1.91. The van der Waals surface area contributed by atoms with E-state index in [9.17, 15) is 24.3 Å². The van der Waals surface area contributed by atoms with Crippen LogP contribution in [0.5, 0.6) is 5.75 Å². The van der Waals surface area contributed by atoms with E-state index in [-0.39, 0.29) is 18.8 Å². The molecule has 1 N–H and O–H groups in total. The first-order chi connectivity index (χ1) is 14.2. The predicted molar refractivity (Wildman–Crippen MR) is 106 cm³/mol. The van der Waals surface area contributed by atoms with Gasteiger partial charge in [-0.1, -0.05) is 24.3 Å². The van der Waals surface area contributed by atoms with Crippen LogP contribution in [0.15, 0.2) is 49.0 Å². The Labute approximate surface area is 168 Å². The van der Waals surface area contributed by atoms with Gasteiger partial charge in [-0.05, 0) is 18.1 Å². The van der Waals surface area contributed by atoms with Crippen molar-refractivity contribution in [1.82, 2.24) is 27.9 Å². The largest absolute Gasteiger partial charge is 0.507 e. The molecule has 1 aromatic carbocycles. The van der Waals surface area contributed by atoms with Crippen molar-refractivity contribution in [3.63, 3.8) is 0 Å². The fourth-order valence-electron chi connectivity index (χ4n) is 4.56. The highest BCUT2D eigenvalue weighted by molar-refractivity contribution is 5.46. The van der Waals surface area contributed by atoms with E-state index in [1.54, 1.807) is 31.2 Å². The highest BCUT2D eigenvalue weighted by atomic mass is 16.3. The molecule has 0 bridgehead atoms. The van der Waals surface area contributed by atoms with Gasteiger partial charge in [0.25, 0.3) is 0 Å². The second-order valence-electron chi connectivity index (χ2n) is 7.74. The molecule has 4 heterocycles. The van der Waals surface area contributed by atoms with Gasteiger partial charge in [-0.15, -0.1) is 0 Å². The van der Waals surface area contributed by atoms with E-state index in [0.717, 1.165) is 9.13 Å². The summed E-state index contributed by atoms with van der Waals surface area (Å²) in [4.78, 5) is 50.9. The molecule has 0 saturated carbocycles. The Morgan fingerprint density at radius 1 is 0.900 bits per heavy atom. The molecule has 156 valence electrons. The lowest BCUT2D eigenvalue weighted by molar-refractivity contribution is 0.244. The second-order valence-corrected chi connectivity index (χ2v) is 7.74. The molecule has 0 spiro atoms. The third kappa shape index (κ3) is 2.09. The van der Waals surface area contributed by atoms with Crippen LogP contribution < -0.4 is 22.8 Å². The van der Waals surface area contributed by atoms with Crippen LogP contribution in [0.3, 0.4) is 0 Å². The molecule has 0 fully saturated rings. The van der Waals surface area contributed by atoms with E-state index in [1.165, 1.54) is 32.8 Å². The normalized spacial score (nSPS) is 19.8. The minimum absolute atomic E-state index is 0.0159. The number of nitrogens with zero attached hydrogens (tertiary/aromatic N) is 6. The SMILES string of the molecule is Cc1cccc([C@H]2C3=CCn4c(=O)n(C)c(=O)n4[C@@H]3Cn3c(=O)n(C)c(=O)n32)c1O. The topological polar surface area (TPSA) is 118 Å². The van der Waals surface area contributed by atoms with Crippen molar-refractivity contribution < 1.29 is 5.11 Å². The van der Waals surface area contributed by atoms with Gasteiger partial charge >= 0.3 is 22.8 Å². The van der Waals surface area contributed by atoms with Crippen LogP contribution >= 0.6 is 0 Å². The van der Waals surface area contributed by atoms with Gasteiger partial charge in [0.1, 0.15) is 11.8 Å². The zero-order valence-electron chi connectivity index (χ0n) is 16.6. The third-order valence-electron chi connectivity index (χ3n) is 6.15. The maximum Gasteiger partial charge on any atom is 0.347 e. The summed E-state index contributed by atoms with van der Waals surface area (Å²) >= 11 is 0. The molecule has 0 radical (unpaired) electrons. The van der Waals surface area contributed by atoms with Gasteiger partial charge < -0.3 is 5.11 Å². The van der Waals surface area contributed by atoms with Gasteiger partial charge in [-0.2, -0.15) is 0 Å². The minimum atomic E-state index is -0.791. The number of phenols is 1. The number of hydrogen-bond donors (Lipinski definition) is 1. The maximum atomic E-state index is 12.9. The summed E-state index contributed by atoms with van der Waals surface area (Å²) in [5.41, 5.74) is -0.245. The lowest BCUT2D eigenvalue weighted by Gasteiger charge is -2.37. The number of fused-ring (bicyclic) bond motifs is 4. The van der Waals surface area contributed by atoms with Gasteiger partial charge in [0.05, 0.1) is 19.1 Å². The zero-order valence-corrected chi connectivity index (χ0v) is 16.6. The summed E-state index contributed by atoms with van der Waals surface area (Å²) in [7, 11) is 2.79. The third-order valence-corrected chi connectivity index (χ3v) is 6.15. The number of aryl methyl sites for hydroxylation is 1. The zero-order chi connectivity index (χ0) is 21.5. The van der Waals surface area contributed by atoms with Gasteiger partial charge in [0.15, 0.2) is 0 Å². The monoisotopic (exact) mass is 412 g/mol. The smallest absolute Gasteiger partial charge is 0.347 e. The fraction of sp³-hybridized carbons (Fsp3) is 0.368. The number of para-hydroxylation sites is 1. The molecule has 0 saturated heterocycles. The fourth-order valence-corrected chi connectivity index (χ4v) is 4.56. The first-order valence-corrected chi connectivity index (χ1v) is 9.49. The highest BCUT2D eigenvalue weighted by Gasteiger charge is 2.41. The van der Waals surface area contributed by atoms with Crippen molar-refractivity contribution >= 4 is 0 Å². The van der Waals surface area contributed by atoms with Crippen molar-refractivity contribution in [2.75, 3.05) is 0 Å². The molecule has 0 amide bonds. The van der Waals surface area contributed by atoms with Crippen LogP contribution in [0.4, 0.5) is 0 Å². The Balaban J connectivity index is 1.87. The molecule has 11 nitrogen and oxygen atoms in total. The van der Waals surface area contributed by atoms with Crippen LogP contribution in [0.1, 0.15) is 23.2 Å². The van der Waals surface area contributed by atoms with E-state index in [4.69, 9.17) is 0 Å². The molecule has 2 aromatic heterocycles. The summed E-state index contributed by atoms with van der Waals surface area (Å²) in [5.74, 6) is 0.0159. The predicted octanol–water partition coefficient (Wildman–Crippen LogP) is -1.19. The summed E-state index contributed by atoms with van der Waals surface area (Å²) in [5, 5.41) is 10.8.